The Hall–Kier alpha value is -3.33. The zero-order valence-corrected chi connectivity index (χ0v) is 16.1. The number of halogens is 1. The zero-order chi connectivity index (χ0) is 20.2. The van der Waals surface area contributed by atoms with Gasteiger partial charge in [-0.2, -0.15) is 0 Å². The molecule has 1 saturated heterocycles. The maximum Gasteiger partial charge on any atom is 0.278 e. The number of aromatic nitrogens is 4. The molecule has 0 spiro atoms. The maximum absolute atomic E-state index is 13.3. The third-order valence-electron chi connectivity index (χ3n) is 4.86. The number of nitrogens with one attached hydrogen (secondary N) is 1. The second-order valence-corrected chi connectivity index (χ2v) is 7.08. The van der Waals surface area contributed by atoms with Crippen molar-refractivity contribution in [1.82, 2.24) is 24.9 Å². The Morgan fingerprint density at radius 3 is 2.72 bits per heavy atom. The van der Waals surface area contributed by atoms with E-state index in [-0.39, 0.29) is 11.5 Å². The predicted octanol–water partition coefficient (Wildman–Crippen LogP) is 1.86. The molecule has 0 saturated carbocycles. The molecule has 0 bridgehead atoms. The first kappa shape index (κ1) is 19.0. The number of anilines is 2. The SMILES string of the molecule is CN1CCN(c2ccc(NC(=O)c3cn(Cc4cccc(F)c4)nn3)nc2)CC1. The molecule has 3 heterocycles. The van der Waals surface area contributed by atoms with Crippen molar-refractivity contribution in [3.05, 3.63) is 65.9 Å². The number of nitrogens with zero attached hydrogens (tertiary/aromatic N) is 6. The van der Waals surface area contributed by atoms with E-state index in [2.05, 4.69) is 37.5 Å². The minimum Gasteiger partial charge on any atom is -0.368 e. The quantitative estimate of drug-likeness (QED) is 0.711. The standard InChI is InChI=1S/C20H22FN7O/c1-26-7-9-27(10-8-26)17-5-6-19(22-12-17)23-20(29)18-14-28(25-24-18)13-15-3-2-4-16(21)11-15/h2-6,11-12,14H,7-10,13H2,1H3,(H,22,23,29). The molecule has 150 valence electrons. The van der Waals surface area contributed by atoms with Crippen molar-refractivity contribution >= 4 is 17.4 Å². The highest BCUT2D eigenvalue weighted by Crippen LogP contribution is 2.17. The van der Waals surface area contributed by atoms with Gasteiger partial charge in [0.1, 0.15) is 11.6 Å². The van der Waals surface area contributed by atoms with Gasteiger partial charge in [-0.1, -0.05) is 17.3 Å². The number of rotatable bonds is 5. The van der Waals surface area contributed by atoms with Crippen molar-refractivity contribution < 1.29 is 9.18 Å². The summed E-state index contributed by atoms with van der Waals surface area (Å²) >= 11 is 0. The minimum atomic E-state index is -0.393. The van der Waals surface area contributed by atoms with E-state index in [1.54, 1.807) is 24.4 Å². The van der Waals surface area contributed by atoms with Gasteiger partial charge in [-0.25, -0.2) is 14.1 Å². The Balaban J connectivity index is 1.36. The van der Waals surface area contributed by atoms with Crippen molar-refractivity contribution in [2.75, 3.05) is 43.4 Å². The van der Waals surface area contributed by atoms with E-state index in [0.717, 1.165) is 37.4 Å². The van der Waals surface area contributed by atoms with E-state index in [9.17, 15) is 9.18 Å². The Bertz CT molecular complexity index is 981. The number of likely N-dealkylation sites (N-methyl/N-ethyl adjacent to an activating group) is 1. The minimum absolute atomic E-state index is 0.173. The molecule has 0 atom stereocenters. The Kier molecular flexibility index (Phi) is 5.48. The van der Waals surface area contributed by atoms with Crippen LogP contribution in [-0.4, -0.2) is 64.0 Å². The summed E-state index contributed by atoms with van der Waals surface area (Å²) in [6.45, 7) is 4.28. The predicted molar refractivity (Wildman–Crippen MR) is 107 cm³/mol. The molecule has 1 N–H and O–H groups in total. The van der Waals surface area contributed by atoms with Crippen LogP contribution in [0.1, 0.15) is 16.1 Å². The van der Waals surface area contributed by atoms with Crippen LogP contribution in [0.2, 0.25) is 0 Å². The first-order valence-electron chi connectivity index (χ1n) is 9.42. The Morgan fingerprint density at radius 2 is 2.00 bits per heavy atom. The first-order chi connectivity index (χ1) is 14.1. The van der Waals surface area contributed by atoms with Gasteiger partial charge in [-0.05, 0) is 36.9 Å². The average Bonchev–Trinajstić information content (AvgIpc) is 3.18. The van der Waals surface area contributed by atoms with Gasteiger partial charge >= 0.3 is 0 Å². The van der Waals surface area contributed by atoms with Crippen molar-refractivity contribution in [3.8, 4) is 0 Å². The molecule has 1 amide bonds. The molecule has 0 aliphatic carbocycles. The van der Waals surface area contributed by atoms with Crippen LogP contribution in [0.4, 0.5) is 15.9 Å². The van der Waals surface area contributed by atoms with Crippen molar-refractivity contribution in [2.24, 2.45) is 0 Å². The van der Waals surface area contributed by atoms with E-state index in [1.807, 2.05) is 6.07 Å². The first-order valence-corrected chi connectivity index (χ1v) is 9.42. The Morgan fingerprint density at radius 1 is 1.17 bits per heavy atom. The zero-order valence-electron chi connectivity index (χ0n) is 16.1. The summed E-state index contributed by atoms with van der Waals surface area (Å²) < 4.78 is 14.8. The smallest absolute Gasteiger partial charge is 0.278 e. The summed E-state index contributed by atoms with van der Waals surface area (Å²) in [4.78, 5) is 21.3. The summed E-state index contributed by atoms with van der Waals surface area (Å²) in [6.07, 6.45) is 3.29. The number of carbonyl (C=O) groups is 1. The van der Waals surface area contributed by atoms with Gasteiger partial charge in [0.15, 0.2) is 5.69 Å². The summed E-state index contributed by atoms with van der Waals surface area (Å²) in [5.74, 6) is -0.255. The van der Waals surface area contributed by atoms with Gasteiger partial charge in [-0.15, -0.1) is 5.10 Å². The summed E-state index contributed by atoms with van der Waals surface area (Å²) in [5.41, 5.74) is 1.95. The molecule has 3 aromatic rings. The van der Waals surface area contributed by atoms with Crippen LogP contribution in [-0.2, 0) is 6.54 Å². The molecule has 2 aromatic heterocycles. The fraction of sp³-hybridized carbons (Fsp3) is 0.300. The Labute approximate surface area is 168 Å². The van der Waals surface area contributed by atoms with Gasteiger partial charge in [0.25, 0.3) is 5.91 Å². The van der Waals surface area contributed by atoms with E-state index < -0.39 is 5.91 Å². The molecule has 1 fully saturated rings. The van der Waals surface area contributed by atoms with Gasteiger partial charge in [0, 0.05) is 26.2 Å². The highest BCUT2D eigenvalue weighted by atomic mass is 19.1. The third-order valence-corrected chi connectivity index (χ3v) is 4.86. The number of pyridine rings is 1. The number of piperazine rings is 1. The second-order valence-electron chi connectivity index (χ2n) is 7.08. The lowest BCUT2D eigenvalue weighted by atomic mass is 10.2. The van der Waals surface area contributed by atoms with Gasteiger partial charge in [0.2, 0.25) is 0 Å². The normalized spacial score (nSPS) is 14.8. The summed E-state index contributed by atoms with van der Waals surface area (Å²) in [7, 11) is 2.11. The van der Waals surface area contributed by atoms with Crippen molar-refractivity contribution in [3.63, 3.8) is 0 Å². The molecule has 8 nitrogen and oxygen atoms in total. The summed E-state index contributed by atoms with van der Waals surface area (Å²) in [5, 5.41) is 10.6. The number of hydrogen-bond donors (Lipinski definition) is 1. The van der Waals surface area contributed by atoms with Crippen LogP contribution < -0.4 is 10.2 Å². The number of benzene rings is 1. The summed E-state index contributed by atoms with van der Waals surface area (Å²) in [6, 6.07) is 9.96. The molecule has 1 aromatic carbocycles. The van der Waals surface area contributed by atoms with E-state index in [0.29, 0.717) is 12.4 Å². The van der Waals surface area contributed by atoms with Crippen LogP contribution in [0.3, 0.4) is 0 Å². The average molecular weight is 395 g/mol. The maximum atomic E-state index is 13.3. The molecular weight excluding hydrogens is 373 g/mol. The van der Waals surface area contributed by atoms with E-state index >= 15 is 0 Å². The lowest BCUT2D eigenvalue weighted by Gasteiger charge is -2.33. The van der Waals surface area contributed by atoms with Crippen LogP contribution in [0.25, 0.3) is 0 Å². The van der Waals surface area contributed by atoms with Crippen LogP contribution in [0.5, 0.6) is 0 Å². The molecular formula is C20H22FN7O. The van der Waals surface area contributed by atoms with Gasteiger partial charge in [0.05, 0.1) is 24.6 Å². The monoisotopic (exact) mass is 395 g/mol. The van der Waals surface area contributed by atoms with Crippen LogP contribution >= 0.6 is 0 Å². The second kappa shape index (κ2) is 8.36. The highest BCUT2D eigenvalue weighted by Gasteiger charge is 2.15. The lowest BCUT2D eigenvalue weighted by molar-refractivity contribution is 0.102. The molecule has 0 unspecified atom stereocenters. The van der Waals surface area contributed by atoms with Gasteiger partial charge in [-0.3, -0.25) is 4.79 Å². The number of amides is 1. The van der Waals surface area contributed by atoms with E-state index in [4.69, 9.17) is 0 Å². The number of carbonyl (C=O) groups excluding carboxylic acids is 1. The van der Waals surface area contributed by atoms with E-state index in [1.165, 1.54) is 23.0 Å². The fourth-order valence-electron chi connectivity index (χ4n) is 3.19. The topological polar surface area (TPSA) is 79.2 Å². The molecule has 9 heteroatoms. The number of hydrogen-bond acceptors (Lipinski definition) is 6. The fourth-order valence-corrected chi connectivity index (χ4v) is 3.19. The highest BCUT2D eigenvalue weighted by molar-refractivity contribution is 6.02. The largest absolute Gasteiger partial charge is 0.368 e. The molecule has 4 rings (SSSR count). The lowest BCUT2D eigenvalue weighted by Crippen LogP contribution is -2.44. The van der Waals surface area contributed by atoms with Crippen molar-refractivity contribution in [2.45, 2.75) is 6.54 Å². The van der Waals surface area contributed by atoms with Crippen LogP contribution in [0.15, 0.2) is 48.8 Å². The van der Waals surface area contributed by atoms with Crippen molar-refractivity contribution in [1.29, 1.82) is 0 Å². The van der Waals surface area contributed by atoms with Crippen LogP contribution in [0, 0.1) is 5.82 Å². The molecule has 1 aliphatic heterocycles. The van der Waals surface area contributed by atoms with Gasteiger partial charge < -0.3 is 15.1 Å². The molecule has 1 aliphatic rings. The molecule has 29 heavy (non-hydrogen) atoms. The third kappa shape index (κ3) is 4.75. The molecule has 0 radical (unpaired) electrons.